The molecule has 0 amide bonds. The van der Waals surface area contributed by atoms with E-state index in [0.717, 1.165) is 21.3 Å². The number of rotatable bonds is 2. The van der Waals surface area contributed by atoms with Crippen molar-refractivity contribution in [3.05, 3.63) is 106 Å². The lowest BCUT2D eigenvalue weighted by molar-refractivity contribution is -0.118. The summed E-state index contributed by atoms with van der Waals surface area (Å²) >= 11 is 3.48. The summed E-state index contributed by atoms with van der Waals surface area (Å²) in [5.41, 5.74) is 2.15. The van der Waals surface area contributed by atoms with E-state index in [2.05, 4.69) is 15.9 Å². The van der Waals surface area contributed by atoms with Crippen molar-refractivity contribution in [2.75, 3.05) is 4.90 Å². The molecule has 0 bridgehead atoms. The number of ketones is 3. The van der Waals surface area contributed by atoms with Crippen molar-refractivity contribution in [1.29, 1.82) is 0 Å². The highest BCUT2D eigenvalue weighted by molar-refractivity contribution is 9.10. The number of hydrogen-bond acceptors (Lipinski definition) is 4. The van der Waals surface area contributed by atoms with E-state index in [9.17, 15) is 14.4 Å². The Labute approximate surface area is 200 Å². The van der Waals surface area contributed by atoms with E-state index in [1.54, 1.807) is 31.2 Å². The molecule has 0 saturated carbocycles. The van der Waals surface area contributed by atoms with Crippen molar-refractivity contribution < 1.29 is 14.4 Å². The summed E-state index contributed by atoms with van der Waals surface area (Å²) in [5.74, 6) is -1.07. The highest BCUT2D eigenvalue weighted by atomic mass is 79.9. The summed E-state index contributed by atoms with van der Waals surface area (Å²) in [4.78, 5) is 43.7. The lowest BCUT2D eigenvalue weighted by atomic mass is 9.64. The maximum absolute atomic E-state index is 14.2. The van der Waals surface area contributed by atoms with E-state index in [-0.39, 0.29) is 17.3 Å². The van der Waals surface area contributed by atoms with Crippen molar-refractivity contribution in [3.8, 4) is 0 Å². The van der Waals surface area contributed by atoms with Gasteiger partial charge in [0.2, 0.25) is 0 Å². The molecule has 33 heavy (non-hydrogen) atoms. The maximum atomic E-state index is 14.2. The number of halogens is 1. The van der Waals surface area contributed by atoms with Gasteiger partial charge in [0, 0.05) is 27.2 Å². The van der Waals surface area contributed by atoms with Gasteiger partial charge in [-0.05, 0) is 36.2 Å². The number of hydrogen-bond donors (Lipinski definition) is 0. The van der Waals surface area contributed by atoms with Crippen LogP contribution in [0.25, 0.3) is 6.08 Å². The number of nitrogens with zero attached hydrogens (tertiary/aromatic N) is 1. The third-order valence-corrected chi connectivity index (χ3v) is 7.89. The van der Waals surface area contributed by atoms with Crippen LogP contribution in [0.4, 0.5) is 5.69 Å². The minimum Gasteiger partial charge on any atom is -0.352 e. The Kier molecular flexibility index (Phi) is 4.36. The first kappa shape index (κ1) is 20.3. The van der Waals surface area contributed by atoms with Crippen LogP contribution in [0.5, 0.6) is 0 Å². The summed E-state index contributed by atoms with van der Waals surface area (Å²) in [6, 6.07) is 21.3. The van der Waals surface area contributed by atoms with E-state index >= 15 is 0 Å². The molecular formula is C28H20BrNO3. The van der Waals surface area contributed by atoms with Crippen LogP contribution in [0.15, 0.2) is 83.3 Å². The minimum atomic E-state index is -1.40. The summed E-state index contributed by atoms with van der Waals surface area (Å²) in [6.07, 6.45) is 3.92. The van der Waals surface area contributed by atoms with E-state index in [1.165, 1.54) is 0 Å². The number of Topliss-reactive ketones (excluding diaryl/α,β-unsaturated/α-hetero) is 3. The van der Waals surface area contributed by atoms with Gasteiger partial charge >= 0.3 is 0 Å². The normalized spacial score (nSPS) is 24.1. The van der Waals surface area contributed by atoms with Crippen molar-refractivity contribution in [2.24, 2.45) is 5.41 Å². The van der Waals surface area contributed by atoms with Crippen molar-refractivity contribution >= 4 is 45.0 Å². The van der Waals surface area contributed by atoms with Crippen molar-refractivity contribution in [3.63, 3.8) is 0 Å². The molecule has 1 saturated heterocycles. The zero-order valence-corrected chi connectivity index (χ0v) is 19.5. The second-order valence-electron chi connectivity index (χ2n) is 8.93. The van der Waals surface area contributed by atoms with Gasteiger partial charge in [-0.15, -0.1) is 0 Å². The van der Waals surface area contributed by atoms with Gasteiger partial charge in [-0.2, -0.15) is 0 Å². The SMILES string of the molecule is CC(=O)[C@H]1[C@@H](c2ccc(Br)cc2)C2(C(=O)c3ccccc3C2=O)[C@H]2C=Cc3ccccc3N12. The topological polar surface area (TPSA) is 54.5 Å². The van der Waals surface area contributed by atoms with Crippen molar-refractivity contribution in [2.45, 2.75) is 24.9 Å². The first-order valence-electron chi connectivity index (χ1n) is 11.0. The van der Waals surface area contributed by atoms with Crippen LogP contribution in [0.3, 0.4) is 0 Å². The first-order chi connectivity index (χ1) is 16.0. The Hall–Kier alpha value is -3.31. The molecule has 3 aromatic rings. The lowest BCUT2D eigenvalue weighted by Crippen LogP contribution is -2.48. The molecule has 2 aliphatic heterocycles. The van der Waals surface area contributed by atoms with E-state index in [1.807, 2.05) is 65.6 Å². The molecule has 2 heterocycles. The molecule has 0 aromatic heterocycles. The number of para-hydroxylation sites is 1. The fraction of sp³-hybridized carbons (Fsp3) is 0.179. The van der Waals surface area contributed by atoms with Crippen LogP contribution in [-0.4, -0.2) is 29.4 Å². The second kappa shape index (κ2) is 7.09. The molecule has 6 rings (SSSR count). The number of carbonyl (C=O) groups is 3. The fourth-order valence-electron chi connectivity index (χ4n) is 6.11. The van der Waals surface area contributed by atoms with E-state index in [4.69, 9.17) is 0 Å². The monoisotopic (exact) mass is 497 g/mol. The van der Waals surface area contributed by atoms with Crippen LogP contribution in [0.1, 0.15) is 44.7 Å². The van der Waals surface area contributed by atoms with Crippen molar-refractivity contribution in [1.82, 2.24) is 0 Å². The van der Waals surface area contributed by atoms with Gasteiger partial charge in [0.1, 0.15) is 5.41 Å². The maximum Gasteiger partial charge on any atom is 0.180 e. The summed E-state index contributed by atoms with van der Waals surface area (Å²) < 4.78 is 0.896. The van der Waals surface area contributed by atoms with Gasteiger partial charge in [-0.25, -0.2) is 0 Å². The van der Waals surface area contributed by atoms with Crippen LogP contribution >= 0.6 is 15.9 Å². The Morgan fingerprint density at radius 1 is 0.879 bits per heavy atom. The molecule has 4 nitrogen and oxygen atoms in total. The second-order valence-corrected chi connectivity index (χ2v) is 9.84. The third kappa shape index (κ3) is 2.54. The Bertz CT molecular complexity index is 1340. The molecule has 1 spiro atoms. The minimum absolute atomic E-state index is 0.0635. The van der Waals surface area contributed by atoms with Gasteiger partial charge in [0.05, 0.1) is 12.1 Å². The molecule has 0 unspecified atom stereocenters. The lowest BCUT2D eigenvalue weighted by Gasteiger charge is -2.37. The molecule has 3 aliphatic rings. The molecule has 3 atom stereocenters. The number of benzene rings is 3. The standard InChI is InChI=1S/C28H20BrNO3/c1-16(31)25-24(18-10-13-19(29)14-11-18)28(26(32)20-7-3-4-8-21(20)27(28)33)23-15-12-17-6-2-5-9-22(17)30(23)25/h2-15,23-25H,1H3/t23-,24-,25+/m1/s1. The summed E-state index contributed by atoms with van der Waals surface area (Å²) in [7, 11) is 0. The molecule has 1 fully saturated rings. The molecular weight excluding hydrogens is 478 g/mol. The fourth-order valence-corrected chi connectivity index (χ4v) is 6.38. The quantitative estimate of drug-likeness (QED) is 0.440. The Morgan fingerprint density at radius 3 is 2.12 bits per heavy atom. The highest BCUT2D eigenvalue weighted by Crippen LogP contribution is 2.60. The van der Waals surface area contributed by atoms with E-state index in [0.29, 0.717) is 11.1 Å². The van der Waals surface area contributed by atoms with E-state index < -0.39 is 23.4 Å². The average molecular weight is 498 g/mol. The predicted octanol–water partition coefficient (Wildman–Crippen LogP) is 5.47. The average Bonchev–Trinajstić information content (AvgIpc) is 3.27. The molecule has 162 valence electrons. The largest absolute Gasteiger partial charge is 0.352 e. The van der Waals surface area contributed by atoms with Crippen LogP contribution in [0, 0.1) is 5.41 Å². The number of fused-ring (bicyclic) bond motifs is 5. The number of anilines is 1. The molecule has 1 aliphatic carbocycles. The van der Waals surface area contributed by atoms with Gasteiger partial charge in [-0.3, -0.25) is 14.4 Å². The Balaban J connectivity index is 1.68. The Morgan fingerprint density at radius 2 is 1.48 bits per heavy atom. The van der Waals surface area contributed by atoms with Gasteiger partial charge < -0.3 is 4.90 Å². The molecule has 3 aromatic carbocycles. The molecule has 5 heteroatoms. The van der Waals surface area contributed by atoms with Crippen LogP contribution in [-0.2, 0) is 4.79 Å². The summed E-state index contributed by atoms with van der Waals surface area (Å²) in [6.45, 7) is 1.56. The predicted molar refractivity (Wildman–Crippen MR) is 131 cm³/mol. The highest BCUT2D eigenvalue weighted by Gasteiger charge is 2.71. The van der Waals surface area contributed by atoms with Gasteiger partial charge in [-0.1, -0.05) is 82.7 Å². The molecule has 0 N–H and O–H groups in total. The number of carbonyl (C=O) groups excluding carboxylic acids is 3. The third-order valence-electron chi connectivity index (χ3n) is 7.36. The smallest absolute Gasteiger partial charge is 0.180 e. The summed E-state index contributed by atoms with van der Waals surface area (Å²) in [5, 5.41) is 0. The van der Waals surface area contributed by atoms with Gasteiger partial charge in [0.25, 0.3) is 0 Å². The van der Waals surface area contributed by atoms with Gasteiger partial charge in [0.15, 0.2) is 17.3 Å². The first-order valence-corrected chi connectivity index (χ1v) is 11.8. The van der Waals surface area contributed by atoms with Crippen LogP contribution < -0.4 is 4.90 Å². The van der Waals surface area contributed by atoms with Crippen LogP contribution in [0.2, 0.25) is 0 Å². The molecule has 0 radical (unpaired) electrons. The zero-order chi connectivity index (χ0) is 22.9. The zero-order valence-electron chi connectivity index (χ0n) is 17.9.